The molecule has 3 aromatic carbocycles. The molecule has 1 saturated heterocycles. The number of aromatic hydroxyl groups is 1. The molecule has 34 heavy (non-hydrogen) atoms. The summed E-state index contributed by atoms with van der Waals surface area (Å²) in [6.45, 7) is 8.79. The van der Waals surface area contributed by atoms with Gasteiger partial charge in [-0.05, 0) is 45.2 Å². The third-order valence-electron chi connectivity index (χ3n) is 5.82. The maximum absolute atomic E-state index is 10.9. The van der Waals surface area contributed by atoms with Crippen molar-refractivity contribution in [2.45, 2.75) is 50.1 Å². The number of phenols is 1. The van der Waals surface area contributed by atoms with Gasteiger partial charge in [-0.1, -0.05) is 24.3 Å². The summed E-state index contributed by atoms with van der Waals surface area (Å²) in [5.41, 5.74) is 0. The van der Waals surface area contributed by atoms with Crippen molar-refractivity contribution in [2.75, 3.05) is 39.3 Å². The number of thioether (sulfide) groups is 1. The molecule has 184 valence electrons. The van der Waals surface area contributed by atoms with Gasteiger partial charge in [-0.2, -0.15) is 0 Å². The van der Waals surface area contributed by atoms with Gasteiger partial charge in [-0.3, -0.25) is 0 Å². The highest BCUT2D eigenvalue weighted by Crippen LogP contribution is 2.43. The van der Waals surface area contributed by atoms with Gasteiger partial charge < -0.3 is 28.8 Å². The van der Waals surface area contributed by atoms with Crippen LogP contribution in [0.15, 0.2) is 47.4 Å². The Hall–Kier alpha value is -2.03. The van der Waals surface area contributed by atoms with Crippen LogP contribution in [0.1, 0.15) is 20.8 Å². The van der Waals surface area contributed by atoms with Crippen molar-refractivity contribution in [3.8, 4) is 11.5 Å². The SMILES string of the molecule is CSc1ccc2c(OCC(C)OCC(C)OCC(C)OCC3CO3)c3ccccc3c(O)c2c1. The molecule has 6 nitrogen and oxygen atoms in total. The largest absolute Gasteiger partial charge is 0.507 e. The number of benzene rings is 3. The van der Waals surface area contributed by atoms with E-state index in [1.54, 1.807) is 11.8 Å². The molecule has 1 aliphatic rings. The molecular formula is C27H34O6S. The molecular weight excluding hydrogens is 452 g/mol. The molecule has 0 aliphatic carbocycles. The second-order valence-corrected chi connectivity index (χ2v) is 9.71. The highest BCUT2D eigenvalue weighted by atomic mass is 32.2. The minimum absolute atomic E-state index is 0.0232. The van der Waals surface area contributed by atoms with E-state index in [2.05, 4.69) is 6.07 Å². The van der Waals surface area contributed by atoms with Gasteiger partial charge in [0.25, 0.3) is 0 Å². The van der Waals surface area contributed by atoms with Crippen LogP contribution in [0.4, 0.5) is 0 Å². The lowest BCUT2D eigenvalue weighted by molar-refractivity contribution is -0.0740. The van der Waals surface area contributed by atoms with E-state index in [0.717, 1.165) is 38.8 Å². The average Bonchev–Trinajstić information content (AvgIpc) is 3.69. The minimum Gasteiger partial charge on any atom is -0.507 e. The summed E-state index contributed by atoms with van der Waals surface area (Å²) >= 11 is 1.65. The Morgan fingerprint density at radius 2 is 1.50 bits per heavy atom. The monoisotopic (exact) mass is 486 g/mol. The van der Waals surface area contributed by atoms with Gasteiger partial charge in [0.15, 0.2) is 0 Å². The molecule has 1 fully saturated rings. The van der Waals surface area contributed by atoms with Gasteiger partial charge in [-0.15, -0.1) is 11.8 Å². The van der Waals surface area contributed by atoms with Crippen LogP contribution in [0.2, 0.25) is 0 Å². The molecule has 0 bridgehead atoms. The molecule has 7 heteroatoms. The van der Waals surface area contributed by atoms with Crippen LogP contribution in [0.25, 0.3) is 21.5 Å². The summed E-state index contributed by atoms with van der Waals surface area (Å²) < 4.78 is 29.0. The maximum Gasteiger partial charge on any atom is 0.135 e. The van der Waals surface area contributed by atoms with Crippen LogP contribution in [-0.2, 0) is 18.9 Å². The summed E-state index contributed by atoms with van der Waals surface area (Å²) in [4.78, 5) is 1.09. The average molecular weight is 487 g/mol. The summed E-state index contributed by atoms with van der Waals surface area (Å²) in [6.07, 6.45) is 2.14. The van der Waals surface area contributed by atoms with Gasteiger partial charge >= 0.3 is 0 Å². The van der Waals surface area contributed by atoms with E-state index in [1.807, 2.05) is 63.4 Å². The first-order valence-electron chi connectivity index (χ1n) is 11.8. The first-order valence-corrected chi connectivity index (χ1v) is 13.0. The number of ether oxygens (including phenoxy) is 5. The fourth-order valence-corrected chi connectivity index (χ4v) is 4.20. The molecule has 4 unspecified atom stereocenters. The van der Waals surface area contributed by atoms with Gasteiger partial charge in [-0.25, -0.2) is 0 Å². The Morgan fingerprint density at radius 3 is 2.18 bits per heavy atom. The fraction of sp³-hybridized carbons (Fsp3) is 0.481. The number of fused-ring (bicyclic) bond motifs is 2. The lowest BCUT2D eigenvalue weighted by atomic mass is 10.0. The van der Waals surface area contributed by atoms with Crippen LogP contribution in [-0.4, -0.2) is 68.8 Å². The molecule has 4 rings (SSSR count). The second kappa shape index (κ2) is 11.6. The van der Waals surface area contributed by atoms with Crippen molar-refractivity contribution >= 4 is 33.3 Å². The second-order valence-electron chi connectivity index (χ2n) is 8.83. The molecule has 4 atom stereocenters. The van der Waals surface area contributed by atoms with E-state index in [9.17, 15) is 5.11 Å². The lowest BCUT2D eigenvalue weighted by Crippen LogP contribution is -2.27. The molecule has 1 heterocycles. The highest BCUT2D eigenvalue weighted by molar-refractivity contribution is 7.98. The number of epoxide rings is 1. The third kappa shape index (κ3) is 6.34. The topological polar surface area (TPSA) is 69.7 Å². The van der Waals surface area contributed by atoms with Crippen LogP contribution in [0, 0.1) is 0 Å². The van der Waals surface area contributed by atoms with Crippen molar-refractivity contribution in [1.29, 1.82) is 0 Å². The van der Waals surface area contributed by atoms with Crippen LogP contribution in [0.5, 0.6) is 11.5 Å². The van der Waals surface area contributed by atoms with Crippen LogP contribution >= 0.6 is 11.8 Å². The standard InChI is InChI=1S/C27H34O6S/c1-17(29-13-18(2)31-15-20-16-32-20)12-30-19(3)14-33-27-23-8-6-5-7-22(23)26(28)25-11-21(34-4)9-10-24(25)27/h5-11,17-20,28H,12-16H2,1-4H3. The first-order chi connectivity index (χ1) is 16.5. The minimum atomic E-state index is -0.125. The molecule has 1 N–H and O–H groups in total. The fourth-order valence-electron chi connectivity index (χ4n) is 3.76. The molecule has 0 saturated carbocycles. The van der Waals surface area contributed by atoms with Gasteiger partial charge in [0, 0.05) is 26.4 Å². The zero-order valence-electron chi connectivity index (χ0n) is 20.3. The first kappa shape index (κ1) is 25.1. The number of phenolic OH excluding ortho intramolecular Hbond substituents is 1. The summed E-state index contributed by atoms with van der Waals surface area (Å²) in [7, 11) is 0. The Labute approximate surface area is 205 Å². The van der Waals surface area contributed by atoms with E-state index < -0.39 is 0 Å². The third-order valence-corrected chi connectivity index (χ3v) is 6.54. The summed E-state index contributed by atoms with van der Waals surface area (Å²) in [6, 6.07) is 13.9. The van der Waals surface area contributed by atoms with E-state index in [4.69, 9.17) is 23.7 Å². The van der Waals surface area contributed by atoms with Crippen molar-refractivity contribution in [3.05, 3.63) is 42.5 Å². The van der Waals surface area contributed by atoms with E-state index in [-0.39, 0.29) is 30.2 Å². The zero-order chi connectivity index (χ0) is 24.1. The van der Waals surface area contributed by atoms with Gasteiger partial charge in [0.1, 0.15) is 24.2 Å². The summed E-state index contributed by atoms with van der Waals surface area (Å²) in [5.74, 6) is 1.05. The molecule has 0 aromatic heterocycles. The van der Waals surface area contributed by atoms with Crippen molar-refractivity contribution in [3.63, 3.8) is 0 Å². The molecule has 0 radical (unpaired) electrons. The predicted molar refractivity (Wildman–Crippen MR) is 136 cm³/mol. The molecule has 0 spiro atoms. The molecule has 1 aliphatic heterocycles. The number of hydrogen-bond acceptors (Lipinski definition) is 7. The smallest absolute Gasteiger partial charge is 0.135 e. The van der Waals surface area contributed by atoms with E-state index in [0.29, 0.717) is 26.4 Å². The quantitative estimate of drug-likeness (QED) is 0.197. The van der Waals surface area contributed by atoms with Gasteiger partial charge in [0.05, 0.1) is 44.7 Å². The van der Waals surface area contributed by atoms with Gasteiger partial charge in [0.2, 0.25) is 0 Å². The Kier molecular flexibility index (Phi) is 8.55. The van der Waals surface area contributed by atoms with Crippen LogP contribution in [0.3, 0.4) is 0 Å². The summed E-state index contributed by atoms with van der Waals surface area (Å²) in [5, 5.41) is 14.3. The Balaban J connectivity index is 1.35. The zero-order valence-corrected chi connectivity index (χ0v) is 21.1. The Morgan fingerprint density at radius 1 is 0.882 bits per heavy atom. The van der Waals surface area contributed by atoms with Crippen molar-refractivity contribution < 1.29 is 28.8 Å². The molecule has 0 amide bonds. The number of hydrogen-bond donors (Lipinski definition) is 1. The highest BCUT2D eigenvalue weighted by Gasteiger charge is 2.23. The van der Waals surface area contributed by atoms with Crippen LogP contribution < -0.4 is 4.74 Å². The normalized spacial score (nSPS) is 18.2. The van der Waals surface area contributed by atoms with Crippen molar-refractivity contribution in [2.24, 2.45) is 0 Å². The number of rotatable bonds is 13. The molecule has 3 aromatic rings. The lowest BCUT2D eigenvalue weighted by Gasteiger charge is -2.21. The van der Waals surface area contributed by atoms with Crippen molar-refractivity contribution in [1.82, 2.24) is 0 Å². The Bertz CT molecular complexity index is 1100. The van der Waals surface area contributed by atoms with E-state index in [1.165, 1.54) is 0 Å². The predicted octanol–water partition coefficient (Wildman–Crippen LogP) is 5.41. The van der Waals surface area contributed by atoms with E-state index >= 15 is 0 Å². The maximum atomic E-state index is 10.9.